The quantitative estimate of drug-likeness (QED) is 0.656. The van der Waals surface area contributed by atoms with Crippen molar-refractivity contribution in [1.29, 1.82) is 0 Å². The fourth-order valence-electron chi connectivity index (χ4n) is 1.87. The summed E-state index contributed by atoms with van der Waals surface area (Å²) in [5, 5.41) is 3.41. The molecule has 1 aromatic heterocycles. The van der Waals surface area contributed by atoms with Crippen molar-refractivity contribution in [3.05, 3.63) is 28.5 Å². The minimum absolute atomic E-state index is 0.212. The van der Waals surface area contributed by atoms with Gasteiger partial charge in [0.05, 0.1) is 0 Å². The van der Waals surface area contributed by atoms with Gasteiger partial charge in [0.2, 0.25) is 0 Å². The lowest BCUT2D eigenvalue weighted by Crippen LogP contribution is -2.33. The molecule has 0 aromatic carbocycles. The van der Waals surface area contributed by atoms with Crippen molar-refractivity contribution in [3.63, 3.8) is 0 Å². The van der Waals surface area contributed by atoms with Gasteiger partial charge in [-0.2, -0.15) is 0 Å². The summed E-state index contributed by atoms with van der Waals surface area (Å²) in [7, 11) is 0. The highest BCUT2D eigenvalue weighted by Gasteiger charge is 2.10. The van der Waals surface area contributed by atoms with Crippen molar-refractivity contribution in [2.75, 3.05) is 19.8 Å². The predicted octanol–water partition coefficient (Wildman–Crippen LogP) is 3.43. The van der Waals surface area contributed by atoms with Gasteiger partial charge in [0.1, 0.15) is 6.61 Å². The Labute approximate surface area is 127 Å². The first-order chi connectivity index (χ1) is 9.61. The molecule has 0 spiro atoms. The number of nitrogens with zero attached hydrogens (tertiary/aromatic N) is 1. The Morgan fingerprint density at radius 3 is 2.85 bits per heavy atom. The minimum atomic E-state index is -2.40. The summed E-state index contributed by atoms with van der Waals surface area (Å²) in [5.41, 5.74) is 1.11. The van der Waals surface area contributed by atoms with E-state index in [1.54, 1.807) is 6.20 Å². The maximum atomic E-state index is 12.0. The Morgan fingerprint density at radius 2 is 2.20 bits per heavy atom. The zero-order valence-electron chi connectivity index (χ0n) is 11.6. The summed E-state index contributed by atoms with van der Waals surface area (Å²) in [6.45, 7) is 2.85. The summed E-state index contributed by atoms with van der Waals surface area (Å²) in [5.74, 6) is 0. The van der Waals surface area contributed by atoms with Crippen LogP contribution in [-0.2, 0) is 11.2 Å². The third kappa shape index (κ3) is 7.87. The molecule has 0 aliphatic carbocycles. The van der Waals surface area contributed by atoms with Crippen LogP contribution < -0.4 is 5.32 Å². The molecular weight excluding hydrogens is 330 g/mol. The normalized spacial score (nSPS) is 12.8. The van der Waals surface area contributed by atoms with E-state index in [2.05, 4.69) is 33.2 Å². The largest absolute Gasteiger partial charge is 0.375 e. The van der Waals surface area contributed by atoms with Crippen molar-refractivity contribution < 1.29 is 13.5 Å². The molecule has 114 valence electrons. The Bertz CT molecular complexity index is 380. The van der Waals surface area contributed by atoms with Gasteiger partial charge in [-0.05, 0) is 53.4 Å². The van der Waals surface area contributed by atoms with E-state index in [0.29, 0.717) is 13.0 Å². The molecule has 0 aliphatic rings. The van der Waals surface area contributed by atoms with Gasteiger partial charge in [0.25, 0.3) is 6.43 Å². The Hall–Kier alpha value is -0.590. The number of ether oxygens (including phenoxy) is 1. The van der Waals surface area contributed by atoms with E-state index in [-0.39, 0.29) is 6.04 Å². The van der Waals surface area contributed by atoms with E-state index >= 15 is 0 Å². The smallest absolute Gasteiger partial charge is 0.261 e. The van der Waals surface area contributed by atoms with Gasteiger partial charge in [-0.3, -0.25) is 4.98 Å². The molecule has 0 saturated carbocycles. The maximum absolute atomic E-state index is 12.0. The molecule has 20 heavy (non-hydrogen) atoms. The molecule has 1 atom stereocenters. The second-order valence-corrected chi connectivity index (χ2v) is 5.54. The molecule has 1 heterocycles. The zero-order chi connectivity index (χ0) is 14.8. The summed E-state index contributed by atoms with van der Waals surface area (Å²) in [6, 6.07) is 2.23. The highest BCUT2D eigenvalue weighted by Crippen LogP contribution is 2.12. The van der Waals surface area contributed by atoms with Gasteiger partial charge in [-0.15, -0.1) is 0 Å². The van der Waals surface area contributed by atoms with Crippen LogP contribution >= 0.6 is 15.9 Å². The summed E-state index contributed by atoms with van der Waals surface area (Å²) in [4.78, 5) is 4.13. The fraction of sp³-hybridized carbons (Fsp3) is 0.643. The number of hydrogen-bond donors (Lipinski definition) is 1. The van der Waals surface area contributed by atoms with E-state index in [1.165, 1.54) is 0 Å². The SMILES string of the molecule is CCCNC(CCOCC(F)F)Cc1cncc(Br)c1. The van der Waals surface area contributed by atoms with Crippen LogP contribution in [0.4, 0.5) is 8.78 Å². The van der Waals surface area contributed by atoms with Crippen molar-refractivity contribution in [1.82, 2.24) is 10.3 Å². The van der Waals surface area contributed by atoms with Crippen molar-refractivity contribution in [2.24, 2.45) is 0 Å². The van der Waals surface area contributed by atoms with Crippen LogP contribution in [-0.4, -0.2) is 37.2 Å². The predicted molar refractivity (Wildman–Crippen MR) is 79.2 cm³/mol. The summed E-state index contributed by atoms with van der Waals surface area (Å²) >= 11 is 3.39. The molecule has 0 fully saturated rings. The number of pyridine rings is 1. The van der Waals surface area contributed by atoms with Crippen LogP contribution in [0.25, 0.3) is 0 Å². The number of alkyl halides is 2. The molecule has 0 bridgehead atoms. The lowest BCUT2D eigenvalue weighted by molar-refractivity contribution is 0.0144. The number of hydrogen-bond acceptors (Lipinski definition) is 3. The Kier molecular flexibility index (Phi) is 8.89. The van der Waals surface area contributed by atoms with E-state index < -0.39 is 13.0 Å². The average Bonchev–Trinajstić information content (AvgIpc) is 2.40. The van der Waals surface area contributed by atoms with E-state index in [1.807, 2.05) is 12.3 Å². The summed E-state index contributed by atoms with van der Waals surface area (Å²) < 4.78 is 29.9. The van der Waals surface area contributed by atoms with Crippen LogP contribution in [0.1, 0.15) is 25.3 Å². The highest BCUT2D eigenvalue weighted by atomic mass is 79.9. The lowest BCUT2D eigenvalue weighted by Gasteiger charge is -2.18. The van der Waals surface area contributed by atoms with Crippen molar-refractivity contribution in [2.45, 2.75) is 38.7 Å². The van der Waals surface area contributed by atoms with Gasteiger partial charge in [0.15, 0.2) is 0 Å². The molecule has 1 rings (SSSR count). The topological polar surface area (TPSA) is 34.1 Å². The third-order valence-corrected chi connectivity index (χ3v) is 3.21. The molecule has 0 amide bonds. The molecule has 0 radical (unpaired) electrons. The minimum Gasteiger partial charge on any atom is -0.375 e. The van der Waals surface area contributed by atoms with E-state index in [4.69, 9.17) is 4.74 Å². The molecule has 0 aliphatic heterocycles. The van der Waals surface area contributed by atoms with Gasteiger partial charge >= 0.3 is 0 Å². The second kappa shape index (κ2) is 10.2. The summed E-state index contributed by atoms with van der Waals surface area (Å²) in [6.07, 6.45) is 3.72. The first-order valence-electron chi connectivity index (χ1n) is 6.80. The third-order valence-electron chi connectivity index (χ3n) is 2.78. The molecule has 1 aromatic rings. The van der Waals surface area contributed by atoms with Gasteiger partial charge < -0.3 is 10.1 Å². The number of rotatable bonds is 10. The Morgan fingerprint density at radius 1 is 1.40 bits per heavy atom. The fourth-order valence-corrected chi connectivity index (χ4v) is 2.29. The van der Waals surface area contributed by atoms with E-state index in [0.717, 1.165) is 29.4 Å². The van der Waals surface area contributed by atoms with Gasteiger partial charge in [0, 0.05) is 29.5 Å². The number of halogens is 3. The number of aromatic nitrogens is 1. The molecule has 3 nitrogen and oxygen atoms in total. The van der Waals surface area contributed by atoms with Crippen molar-refractivity contribution >= 4 is 15.9 Å². The average molecular weight is 351 g/mol. The monoisotopic (exact) mass is 350 g/mol. The molecule has 6 heteroatoms. The molecule has 0 saturated heterocycles. The van der Waals surface area contributed by atoms with Gasteiger partial charge in [-0.25, -0.2) is 8.78 Å². The van der Waals surface area contributed by atoms with Crippen LogP contribution in [0.3, 0.4) is 0 Å². The molecular formula is C14H21BrF2N2O. The first-order valence-corrected chi connectivity index (χ1v) is 7.59. The van der Waals surface area contributed by atoms with E-state index in [9.17, 15) is 8.78 Å². The molecule has 1 unspecified atom stereocenters. The molecule has 1 N–H and O–H groups in total. The zero-order valence-corrected chi connectivity index (χ0v) is 13.2. The van der Waals surface area contributed by atoms with Crippen LogP contribution in [0.5, 0.6) is 0 Å². The van der Waals surface area contributed by atoms with Crippen LogP contribution in [0.15, 0.2) is 22.9 Å². The van der Waals surface area contributed by atoms with Crippen molar-refractivity contribution in [3.8, 4) is 0 Å². The second-order valence-electron chi connectivity index (χ2n) is 4.62. The lowest BCUT2D eigenvalue weighted by atomic mass is 10.1. The Balaban J connectivity index is 2.42. The van der Waals surface area contributed by atoms with Gasteiger partial charge in [-0.1, -0.05) is 6.92 Å². The standard InChI is InChI=1S/C14H21BrF2N2O/c1-2-4-19-13(3-5-20-10-14(16)17)7-11-6-12(15)9-18-8-11/h6,8-9,13-14,19H,2-5,7,10H2,1H3. The number of nitrogens with one attached hydrogen (secondary N) is 1. The van der Waals surface area contributed by atoms with Crippen LogP contribution in [0, 0.1) is 0 Å². The van der Waals surface area contributed by atoms with Crippen LogP contribution in [0.2, 0.25) is 0 Å². The maximum Gasteiger partial charge on any atom is 0.261 e. The first kappa shape index (κ1) is 17.5. The highest BCUT2D eigenvalue weighted by molar-refractivity contribution is 9.10.